The highest BCUT2D eigenvalue weighted by Crippen LogP contribution is 2.39. The standard InChI is InChI=1S/C21H28N4O2/c1-26-18-7-3-13(11-19(18)27-2)21-23-20-8-4-14(12-25(20)24-21)15-9-16-5-6-17(10-15)22-16/h3,7,11,14-17,22H,4-6,8-10,12H2,1-2H3. The van der Waals surface area contributed by atoms with Gasteiger partial charge in [-0.05, 0) is 62.1 Å². The molecule has 144 valence electrons. The Balaban J connectivity index is 1.36. The summed E-state index contributed by atoms with van der Waals surface area (Å²) in [5, 5.41) is 8.61. The van der Waals surface area contributed by atoms with Gasteiger partial charge in [-0.3, -0.25) is 0 Å². The van der Waals surface area contributed by atoms with Gasteiger partial charge in [-0.1, -0.05) is 0 Å². The number of piperidine rings is 1. The summed E-state index contributed by atoms with van der Waals surface area (Å²) in [7, 11) is 3.31. The van der Waals surface area contributed by atoms with E-state index in [1.54, 1.807) is 14.2 Å². The summed E-state index contributed by atoms with van der Waals surface area (Å²) in [5.41, 5.74) is 0.978. The predicted octanol–water partition coefficient (Wildman–Crippen LogP) is 3.06. The second-order valence-electron chi connectivity index (χ2n) is 8.27. The molecule has 27 heavy (non-hydrogen) atoms. The van der Waals surface area contributed by atoms with Gasteiger partial charge in [0.15, 0.2) is 17.3 Å². The maximum absolute atomic E-state index is 5.43. The van der Waals surface area contributed by atoms with E-state index in [0.29, 0.717) is 5.75 Å². The van der Waals surface area contributed by atoms with E-state index in [1.165, 1.54) is 32.1 Å². The number of ether oxygens (including phenoxy) is 2. The number of nitrogens with one attached hydrogen (secondary N) is 1. The molecule has 6 heteroatoms. The lowest BCUT2D eigenvalue weighted by atomic mass is 9.78. The summed E-state index contributed by atoms with van der Waals surface area (Å²) in [4.78, 5) is 4.82. The number of hydrogen-bond donors (Lipinski definition) is 1. The first-order valence-electron chi connectivity index (χ1n) is 10.2. The average Bonchev–Trinajstić information content (AvgIpc) is 3.29. The topological polar surface area (TPSA) is 61.2 Å². The Kier molecular flexibility index (Phi) is 4.31. The van der Waals surface area contributed by atoms with Gasteiger partial charge in [0.25, 0.3) is 0 Å². The number of rotatable bonds is 4. The van der Waals surface area contributed by atoms with Crippen LogP contribution in [0.3, 0.4) is 0 Å². The van der Waals surface area contributed by atoms with Gasteiger partial charge < -0.3 is 14.8 Å². The van der Waals surface area contributed by atoms with E-state index in [-0.39, 0.29) is 0 Å². The van der Waals surface area contributed by atoms with Crippen molar-refractivity contribution in [1.82, 2.24) is 20.1 Å². The molecule has 3 aliphatic heterocycles. The Morgan fingerprint density at radius 3 is 2.52 bits per heavy atom. The zero-order chi connectivity index (χ0) is 18.4. The van der Waals surface area contributed by atoms with Gasteiger partial charge >= 0.3 is 0 Å². The number of hydrogen-bond acceptors (Lipinski definition) is 5. The largest absolute Gasteiger partial charge is 0.493 e. The fourth-order valence-corrected chi connectivity index (χ4v) is 5.30. The third-order valence-corrected chi connectivity index (χ3v) is 6.71. The summed E-state index contributed by atoms with van der Waals surface area (Å²) >= 11 is 0. The van der Waals surface area contributed by atoms with Crippen LogP contribution in [-0.4, -0.2) is 41.1 Å². The van der Waals surface area contributed by atoms with Crippen LogP contribution in [0.1, 0.15) is 37.9 Å². The van der Waals surface area contributed by atoms with E-state index < -0.39 is 0 Å². The molecule has 2 fully saturated rings. The van der Waals surface area contributed by atoms with Crippen molar-refractivity contribution >= 4 is 0 Å². The molecule has 6 nitrogen and oxygen atoms in total. The molecule has 0 saturated carbocycles. The van der Waals surface area contributed by atoms with Crippen LogP contribution in [0.2, 0.25) is 0 Å². The highest BCUT2D eigenvalue weighted by atomic mass is 16.5. The predicted molar refractivity (Wildman–Crippen MR) is 103 cm³/mol. The third kappa shape index (κ3) is 3.10. The Labute approximate surface area is 160 Å². The van der Waals surface area contributed by atoms with Crippen molar-refractivity contribution in [1.29, 1.82) is 0 Å². The third-order valence-electron chi connectivity index (χ3n) is 6.71. The SMILES string of the molecule is COc1ccc(-c2nc3n(n2)CC(C2CC4CCC(C2)N4)CC3)cc1OC. The maximum atomic E-state index is 5.43. The Morgan fingerprint density at radius 2 is 1.78 bits per heavy atom. The van der Waals surface area contributed by atoms with Crippen LogP contribution in [0.15, 0.2) is 18.2 Å². The quantitative estimate of drug-likeness (QED) is 0.899. The van der Waals surface area contributed by atoms with Gasteiger partial charge in [-0.15, -0.1) is 0 Å². The van der Waals surface area contributed by atoms with Crippen molar-refractivity contribution in [3.05, 3.63) is 24.0 Å². The van der Waals surface area contributed by atoms with Gasteiger partial charge in [0.2, 0.25) is 0 Å². The fraction of sp³-hybridized carbons (Fsp3) is 0.619. The molecule has 3 aliphatic rings. The van der Waals surface area contributed by atoms with Gasteiger partial charge in [0, 0.05) is 30.6 Å². The van der Waals surface area contributed by atoms with Crippen LogP contribution >= 0.6 is 0 Å². The van der Waals surface area contributed by atoms with E-state index >= 15 is 0 Å². The molecule has 2 bridgehead atoms. The molecular formula is C21H28N4O2. The zero-order valence-corrected chi connectivity index (χ0v) is 16.1. The van der Waals surface area contributed by atoms with Crippen molar-refractivity contribution < 1.29 is 9.47 Å². The summed E-state index contributed by atoms with van der Waals surface area (Å²) in [6.45, 7) is 1.01. The van der Waals surface area contributed by atoms with Crippen LogP contribution in [-0.2, 0) is 13.0 Å². The molecule has 1 aromatic heterocycles. The molecule has 3 atom stereocenters. The molecule has 4 heterocycles. The number of fused-ring (bicyclic) bond motifs is 3. The number of nitrogens with zero attached hydrogens (tertiary/aromatic N) is 3. The molecule has 2 saturated heterocycles. The first-order valence-corrected chi connectivity index (χ1v) is 10.2. The summed E-state index contributed by atoms with van der Waals surface area (Å²) in [5.74, 6) is 4.93. The number of methoxy groups -OCH3 is 2. The second-order valence-corrected chi connectivity index (χ2v) is 8.27. The van der Waals surface area contributed by atoms with Crippen molar-refractivity contribution in [3.63, 3.8) is 0 Å². The molecular weight excluding hydrogens is 340 g/mol. The molecule has 0 aliphatic carbocycles. The summed E-state index contributed by atoms with van der Waals surface area (Å²) in [6.07, 6.45) is 7.69. The van der Waals surface area contributed by atoms with E-state index in [2.05, 4.69) is 10.00 Å². The minimum Gasteiger partial charge on any atom is -0.493 e. The normalized spacial score (nSPS) is 29.4. The lowest BCUT2D eigenvalue weighted by molar-refractivity contribution is 0.170. The monoisotopic (exact) mass is 368 g/mol. The van der Waals surface area contributed by atoms with Crippen LogP contribution in [0.4, 0.5) is 0 Å². The lowest BCUT2D eigenvalue weighted by Crippen LogP contribution is -2.42. The van der Waals surface area contributed by atoms with Gasteiger partial charge in [-0.2, -0.15) is 5.10 Å². The molecule has 1 aromatic carbocycles. The molecule has 1 N–H and O–H groups in total. The second kappa shape index (κ2) is 6.82. The smallest absolute Gasteiger partial charge is 0.181 e. The first kappa shape index (κ1) is 17.0. The number of aryl methyl sites for hydroxylation is 1. The van der Waals surface area contributed by atoms with Crippen LogP contribution < -0.4 is 14.8 Å². The van der Waals surface area contributed by atoms with Crippen LogP contribution in [0.25, 0.3) is 11.4 Å². The van der Waals surface area contributed by atoms with E-state index in [0.717, 1.165) is 59.8 Å². The van der Waals surface area contributed by atoms with E-state index in [9.17, 15) is 0 Å². The van der Waals surface area contributed by atoms with Crippen LogP contribution in [0, 0.1) is 11.8 Å². The highest BCUT2D eigenvalue weighted by Gasteiger charge is 2.38. The van der Waals surface area contributed by atoms with Crippen molar-refractivity contribution in [3.8, 4) is 22.9 Å². The minimum absolute atomic E-state index is 0.714. The fourth-order valence-electron chi connectivity index (χ4n) is 5.30. The number of aromatic nitrogens is 3. The zero-order valence-electron chi connectivity index (χ0n) is 16.1. The summed E-state index contributed by atoms with van der Waals surface area (Å²) in [6, 6.07) is 7.40. The van der Waals surface area contributed by atoms with E-state index in [1.807, 2.05) is 18.2 Å². The molecule has 0 amide bonds. The summed E-state index contributed by atoms with van der Waals surface area (Å²) < 4.78 is 12.9. The molecule has 5 rings (SSSR count). The van der Waals surface area contributed by atoms with Crippen molar-refractivity contribution in [2.24, 2.45) is 11.8 Å². The number of benzene rings is 1. The Morgan fingerprint density at radius 1 is 1.00 bits per heavy atom. The van der Waals surface area contributed by atoms with Gasteiger partial charge in [0.05, 0.1) is 14.2 Å². The lowest BCUT2D eigenvalue weighted by Gasteiger charge is -2.36. The van der Waals surface area contributed by atoms with Crippen molar-refractivity contribution in [2.45, 2.75) is 57.2 Å². The Hall–Kier alpha value is -2.08. The molecule has 3 unspecified atom stereocenters. The first-order chi connectivity index (χ1) is 13.2. The minimum atomic E-state index is 0.714. The molecule has 0 spiro atoms. The van der Waals surface area contributed by atoms with Gasteiger partial charge in [0.1, 0.15) is 5.82 Å². The van der Waals surface area contributed by atoms with E-state index in [4.69, 9.17) is 19.6 Å². The molecule has 2 aromatic rings. The molecule has 0 radical (unpaired) electrons. The van der Waals surface area contributed by atoms with Crippen LogP contribution in [0.5, 0.6) is 11.5 Å². The Bertz CT molecular complexity index is 822. The maximum Gasteiger partial charge on any atom is 0.181 e. The van der Waals surface area contributed by atoms with Crippen molar-refractivity contribution in [2.75, 3.05) is 14.2 Å². The highest BCUT2D eigenvalue weighted by molar-refractivity contribution is 5.61. The van der Waals surface area contributed by atoms with Gasteiger partial charge in [-0.25, -0.2) is 9.67 Å². The average molecular weight is 368 g/mol.